The number of hydrogen-bond donors (Lipinski definition) is 1. The lowest BCUT2D eigenvalue weighted by Gasteiger charge is -2.12. The van der Waals surface area contributed by atoms with Crippen LogP contribution in [0.5, 0.6) is 0 Å². The van der Waals surface area contributed by atoms with E-state index in [2.05, 4.69) is 0 Å². The van der Waals surface area contributed by atoms with Crippen molar-refractivity contribution in [3.05, 3.63) is 11.1 Å². The van der Waals surface area contributed by atoms with E-state index < -0.39 is 5.97 Å². The van der Waals surface area contributed by atoms with Gasteiger partial charge in [-0.1, -0.05) is 11.6 Å². The maximum Gasteiger partial charge on any atom is 0.317 e. The Kier molecular flexibility index (Phi) is 4.90. The van der Waals surface area contributed by atoms with Gasteiger partial charge < -0.3 is 5.11 Å². The molecule has 0 aliphatic rings. The van der Waals surface area contributed by atoms with Crippen LogP contribution in [0.25, 0.3) is 0 Å². The molecule has 0 heterocycles. The molecule has 0 aromatic rings. The lowest BCUT2D eigenvalue weighted by atomic mass is 10.3. The highest BCUT2D eigenvalue weighted by atomic mass is 35.5. The molecule has 0 radical (unpaired) electrons. The van der Waals surface area contributed by atoms with Gasteiger partial charge in [0, 0.05) is 12.1 Å². The molecule has 0 aromatic heterocycles. The molecule has 0 saturated carbocycles. The largest absolute Gasteiger partial charge is 0.480 e. The molecule has 0 unspecified atom stereocenters. The van der Waals surface area contributed by atoms with Gasteiger partial charge in [0.15, 0.2) is 0 Å². The summed E-state index contributed by atoms with van der Waals surface area (Å²) >= 11 is 5.40. The number of halogens is 1. The van der Waals surface area contributed by atoms with Gasteiger partial charge in [-0.2, -0.15) is 0 Å². The van der Waals surface area contributed by atoms with E-state index in [1.54, 1.807) is 11.9 Å². The normalized spacial score (nSPS) is 12.2. The second-order valence-corrected chi connectivity index (χ2v) is 2.74. The predicted molar refractivity (Wildman–Crippen MR) is 44.7 cm³/mol. The van der Waals surface area contributed by atoms with Crippen LogP contribution >= 0.6 is 11.6 Å². The van der Waals surface area contributed by atoms with Crippen molar-refractivity contribution in [2.75, 3.05) is 20.1 Å². The van der Waals surface area contributed by atoms with E-state index in [9.17, 15) is 4.79 Å². The maximum absolute atomic E-state index is 10.2. The van der Waals surface area contributed by atoms with E-state index in [0.717, 1.165) is 5.57 Å². The van der Waals surface area contributed by atoms with Crippen LogP contribution in [0, 0.1) is 0 Å². The average molecular weight is 178 g/mol. The van der Waals surface area contributed by atoms with Crippen LogP contribution in [0.1, 0.15) is 6.92 Å². The van der Waals surface area contributed by atoms with E-state index >= 15 is 0 Å². The minimum absolute atomic E-state index is 0.0437. The third-order valence-electron chi connectivity index (χ3n) is 1.11. The molecular formula is C7H12ClNO2. The smallest absolute Gasteiger partial charge is 0.317 e. The molecule has 0 bridgehead atoms. The molecule has 0 aliphatic carbocycles. The summed E-state index contributed by atoms with van der Waals surface area (Å²) in [5.74, 6) is -0.824. The van der Waals surface area contributed by atoms with E-state index in [4.69, 9.17) is 16.7 Å². The Hall–Kier alpha value is -0.540. The molecule has 4 heteroatoms. The molecule has 3 nitrogen and oxygen atoms in total. The zero-order chi connectivity index (χ0) is 8.85. The fourth-order valence-electron chi connectivity index (χ4n) is 0.747. The second kappa shape index (κ2) is 5.16. The second-order valence-electron chi connectivity index (χ2n) is 2.52. The van der Waals surface area contributed by atoms with Gasteiger partial charge in [0.25, 0.3) is 0 Å². The first-order valence-electron chi connectivity index (χ1n) is 3.22. The molecule has 0 spiro atoms. The molecule has 64 valence electrons. The molecule has 11 heavy (non-hydrogen) atoms. The number of hydrogen-bond acceptors (Lipinski definition) is 2. The number of carboxylic acids is 1. The standard InChI is InChI=1S/C7H12ClNO2/c1-6(3-8)4-9(2)5-7(10)11/h3H,4-5H2,1-2H3,(H,10,11). The number of aliphatic carboxylic acids is 1. The molecule has 0 aromatic carbocycles. The first kappa shape index (κ1) is 10.5. The average Bonchev–Trinajstić information content (AvgIpc) is 1.85. The zero-order valence-electron chi connectivity index (χ0n) is 6.67. The van der Waals surface area contributed by atoms with Crippen molar-refractivity contribution >= 4 is 17.6 Å². The first-order valence-corrected chi connectivity index (χ1v) is 3.66. The molecule has 1 N–H and O–H groups in total. The summed E-state index contributed by atoms with van der Waals surface area (Å²) in [5.41, 5.74) is 2.41. The van der Waals surface area contributed by atoms with Crippen molar-refractivity contribution in [3.8, 4) is 0 Å². The van der Waals surface area contributed by atoms with Gasteiger partial charge in [0.2, 0.25) is 0 Å². The maximum atomic E-state index is 10.2. The van der Waals surface area contributed by atoms with Crippen LogP contribution in [0.3, 0.4) is 0 Å². The Morgan fingerprint density at radius 3 is 2.55 bits per heavy atom. The van der Waals surface area contributed by atoms with Gasteiger partial charge >= 0.3 is 5.97 Å². The fraction of sp³-hybridized carbons (Fsp3) is 0.571. The Labute approximate surface area is 71.3 Å². The summed E-state index contributed by atoms with van der Waals surface area (Å²) in [5, 5.41) is 8.38. The lowest BCUT2D eigenvalue weighted by molar-refractivity contribution is -0.137. The predicted octanol–water partition coefficient (Wildman–Crippen LogP) is 1.15. The Balaban J connectivity index is 3.69. The van der Waals surface area contributed by atoms with Crippen molar-refractivity contribution < 1.29 is 9.90 Å². The summed E-state index contributed by atoms with van der Waals surface area (Å²) in [6.07, 6.45) is 0. The van der Waals surface area contributed by atoms with Gasteiger partial charge in [0.05, 0.1) is 6.54 Å². The van der Waals surface area contributed by atoms with E-state index in [0.29, 0.717) is 6.54 Å². The molecule has 0 fully saturated rings. The van der Waals surface area contributed by atoms with Crippen LogP contribution in [-0.4, -0.2) is 36.1 Å². The summed E-state index contributed by atoms with van der Waals surface area (Å²) in [7, 11) is 1.73. The molecular weight excluding hydrogens is 166 g/mol. The van der Waals surface area contributed by atoms with Gasteiger partial charge in [-0.05, 0) is 19.5 Å². The lowest BCUT2D eigenvalue weighted by Crippen LogP contribution is -2.26. The summed E-state index contributed by atoms with van der Waals surface area (Å²) in [6, 6.07) is 0. The Morgan fingerprint density at radius 2 is 2.18 bits per heavy atom. The molecule has 0 saturated heterocycles. The monoisotopic (exact) mass is 177 g/mol. The topological polar surface area (TPSA) is 40.5 Å². The van der Waals surface area contributed by atoms with Crippen molar-refractivity contribution in [1.82, 2.24) is 4.90 Å². The van der Waals surface area contributed by atoms with Gasteiger partial charge in [0.1, 0.15) is 0 Å². The van der Waals surface area contributed by atoms with Crippen LogP contribution in [0.4, 0.5) is 0 Å². The minimum Gasteiger partial charge on any atom is -0.480 e. The number of rotatable bonds is 4. The fourth-order valence-corrected chi connectivity index (χ4v) is 0.816. The van der Waals surface area contributed by atoms with Crippen LogP contribution in [0.15, 0.2) is 11.1 Å². The Morgan fingerprint density at radius 1 is 1.64 bits per heavy atom. The van der Waals surface area contributed by atoms with E-state index in [1.165, 1.54) is 5.54 Å². The first-order chi connectivity index (χ1) is 5.06. The van der Waals surface area contributed by atoms with Gasteiger partial charge in [-0.15, -0.1) is 0 Å². The summed E-state index contributed by atoms with van der Waals surface area (Å²) in [4.78, 5) is 11.9. The molecule has 0 amide bonds. The molecule has 0 aliphatic heterocycles. The highest BCUT2D eigenvalue weighted by Gasteiger charge is 2.03. The van der Waals surface area contributed by atoms with Gasteiger partial charge in [-0.25, -0.2) is 0 Å². The minimum atomic E-state index is -0.824. The third kappa shape index (κ3) is 5.88. The Bertz CT molecular complexity index is 168. The van der Waals surface area contributed by atoms with Crippen molar-refractivity contribution in [2.45, 2.75) is 6.92 Å². The number of carboxylic acid groups (broad SMARTS) is 1. The number of carbonyl (C=O) groups is 1. The molecule has 0 rings (SSSR count). The van der Waals surface area contributed by atoms with Gasteiger partial charge in [-0.3, -0.25) is 9.69 Å². The van der Waals surface area contributed by atoms with E-state index in [1.807, 2.05) is 6.92 Å². The van der Waals surface area contributed by atoms with Crippen molar-refractivity contribution in [2.24, 2.45) is 0 Å². The van der Waals surface area contributed by atoms with Crippen molar-refractivity contribution in [3.63, 3.8) is 0 Å². The quantitative estimate of drug-likeness (QED) is 0.701. The van der Waals surface area contributed by atoms with Crippen LogP contribution < -0.4 is 0 Å². The molecule has 0 atom stereocenters. The number of nitrogens with zero attached hydrogens (tertiary/aromatic N) is 1. The number of likely N-dealkylation sites (N-methyl/N-ethyl adjacent to an activating group) is 1. The highest BCUT2D eigenvalue weighted by Crippen LogP contribution is 1.97. The van der Waals surface area contributed by atoms with Crippen LogP contribution in [0.2, 0.25) is 0 Å². The summed E-state index contributed by atoms with van der Waals surface area (Å²) < 4.78 is 0. The highest BCUT2D eigenvalue weighted by molar-refractivity contribution is 6.25. The van der Waals surface area contributed by atoms with Crippen LogP contribution in [-0.2, 0) is 4.79 Å². The SMILES string of the molecule is CC(=CCl)CN(C)CC(=O)O. The third-order valence-corrected chi connectivity index (χ3v) is 1.48. The van der Waals surface area contributed by atoms with E-state index in [-0.39, 0.29) is 6.54 Å². The summed E-state index contributed by atoms with van der Waals surface area (Å²) in [6.45, 7) is 2.49. The van der Waals surface area contributed by atoms with Crippen molar-refractivity contribution in [1.29, 1.82) is 0 Å². The zero-order valence-corrected chi connectivity index (χ0v) is 7.43.